The van der Waals surface area contributed by atoms with Crippen LogP contribution in [-0.4, -0.2) is 29.4 Å². The second-order valence-corrected chi connectivity index (χ2v) is 4.10. The molecule has 0 amide bonds. The minimum Gasteiger partial charge on any atom is -0.340 e. The summed E-state index contributed by atoms with van der Waals surface area (Å²) in [7, 11) is 1.95. The highest BCUT2D eigenvalue weighted by atomic mass is 32.1. The van der Waals surface area contributed by atoms with E-state index in [4.69, 9.17) is 5.84 Å². The molecule has 1 aromatic rings. The zero-order valence-corrected chi connectivity index (χ0v) is 10.1. The number of nitrogens with one attached hydrogen (secondary N) is 1. The Hall–Kier alpha value is -1.14. The predicted octanol–water partition coefficient (Wildman–Crippen LogP) is 0.723. The number of hydrogen-bond donors (Lipinski definition) is 2. The van der Waals surface area contributed by atoms with Crippen LogP contribution >= 0.6 is 11.3 Å². The van der Waals surface area contributed by atoms with Gasteiger partial charge in [0.05, 0.1) is 17.7 Å². The summed E-state index contributed by atoms with van der Waals surface area (Å²) in [4.78, 5) is 11.7. The first-order valence-corrected chi connectivity index (χ1v) is 5.68. The maximum absolute atomic E-state index is 5.39. The van der Waals surface area contributed by atoms with Gasteiger partial charge in [-0.25, -0.2) is 10.8 Å². The first-order valence-electron chi connectivity index (χ1n) is 4.80. The van der Waals surface area contributed by atoms with Gasteiger partial charge in [-0.05, 0) is 13.8 Å². The number of aromatic nitrogens is 1. The van der Waals surface area contributed by atoms with Crippen LogP contribution in [0.4, 0.5) is 0 Å². The number of aryl methyl sites for hydroxylation is 1. The Balaban J connectivity index is 2.66. The van der Waals surface area contributed by atoms with E-state index < -0.39 is 0 Å². The fourth-order valence-electron chi connectivity index (χ4n) is 1.19. The van der Waals surface area contributed by atoms with Crippen LogP contribution in [0.2, 0.25) is 0 Å². The molecule has 0 saturated carbocycles. The molecule has 0 bridgehead atoms. The van der Waals surface area contributed by atoms with Gasteiger partial charge in [0, 0.05) is 18.5 Å². The number of nitrogens with zero attached hydrogens (tertiary/aromatic N) is 3. The molecule has 1 aromatic heterocycles. The van der Waals surface area contributed by atoms with Crippen molar-refractivity contribution in [1.29, 1.82) is 0 Å². The summed E-state index contributed by atoms with van der Waals surface area (Å²) in [5.74, 6) is 6.09. The van der Waals surface area contributed by atoms with E-state index in [0.29, 0.717) is 12.5 Å². The molecule has 5 nitrogen and oxygen atoms in total. The lowest BCUT2D eigenvalue weighted by Gasteiger charge is -2.19. The van der Waals surface area contributed by atoms with Crippen LogP contribution < -0.4 is 11.3 Å². The van der Waals surface area contributed by atoms with Gasteiger partial charge < -0.3 is 4.90 Å². The Labute approximate surface area is 94.0 Å². The molecule has 1 rings (SSSR count). The lowest BCUT2D eigenvalue weighted by molar-refractivity contribution is 0.480. The molecule has 3 N–H and O–H groups in total. The van der Waals surface area contributed by atoms with E-state index in [2.05, 4.69) is 15.4 Å². The van der Waals surface area contributed by atoms with Gasteiger partial charge in [-0.1, -0.05) is 0 Å². The van der Waals surface area contributed by atoms with Gasteiger partial charge in [0.25, 0.3) is 0 Å². The normalized spacial score (nSPS) is 11.6. The van der Waals surface area contributed by atoms with Gasteiger partial charge in [-0.15, -0.1) is 11.3 Å². The molecule has 15 heavy (non-hydrogen) atoms. The Kier molecular flexibility index (Phi) is 4.51. The summed E-state index contributed by atoms with van der Waals surface area (Å²) in [6, 6.07) is 0. The topological polar surface area (TPSA) is 66.5 Å². The first kappa shape index (κ1) is 11.9. The Bertz CT molecular complexity index is 333. The van der Waals surface area contributed by atoms with Crippen LogP contribution in [0.3, 0.4) is 0 Å². The summed E-state index contributed by atoms with van der Waals surface area (Å²) >= 11 is 1.65. The average Bonchev–Trinajstić information content (AvgIpc) is 2.60. The largest absolute Gasteiger partial charge is 0.340 e. The Morgan fingerprint density at radius 2 is 2.47 bits per heavy atom. The third kappa shape index (κ3) is 3.17. The maximum atomic E-state index is 5.39. The SMILES string of the molecule is CCN=C(NN)N(C)Cc1scnc1C. The summed E-state index contributed by atoms with van der Waals surface area (Å²) < 4.78 is 0. The molecular weight excluding hydrogens is 210 g/mol. The highest BCUT2D eigenvalue weighted by molar-refractivity contribution is 7.09. The average molecular weight is 227 g/mol. The molecule has 0 atom stereocenters. The summed E-state index contributed by atoms with van der Waals surface area (Å²) in [5, 5.41) is 0. The van der Waals surface area contributed by atoms with Crippen molar-refractivity contribution in [2.45, 2.75) is 20.4 Å². The Morgan fingerprint density at radius 1 is 1.73 bits per heavy atom. The van der Waals surface area contributed by atoms with E-state index in [1.807, 2.05) is 31.3 Å². The smallest absolute Gasteiger partial charge is 0.208 e. The minimum absolute atomic E-state index is 0.699. The van der Waals surface area contributed by atoms with Crippen LogP contribution in [0.1, 0.15) is 17.5 Å². The molecule has 0 fully saturated rings. The van der Waals surface area contributed by atoms with Crippen LogP contribution in [0.25, 0.3) is 0 Å². The number of hydrogen-bond acceptors (Lipinski definition) is 4. The third-order valence-electron chi connectivity index (χ3n) is 2.02. The lowest BCUT2D eigenvalue weighted by atomic mass is 10.4. The molecule has 0 aliphatic heterocycles. The second-order valence-electron chi connectivity index (χ2n) is 3.16. The molecule has 0 saturated heterocycles. The molecule has 1 heterocycles. The molecule has 0 spiro atoms. The predicted molar refractivity (Wildman–Crippen MR) is 63.6 cm³/mol. The van der Waals surface area contributed by atoms with Crippen molar-refractivity contribution >= 4 is 17.3 Å². The number of guanidine groups is 1. The molecule has 6 heteroatoms. The number of rotatable bonds is 3. The molecule has 84 valence electrons. The molecule has 0 aromatic carbocycles. The fraction of sp³-hybridized carbons (Fsp3) is 0.556. The summed E-state index contributed by atoms with van der Waals surface area (Å²) in [6.07, 6.45) is 0. The lowest BCUT2D eigenvalue weighted by Crippen LogP contribution is -2.42. The van der Waals surface area contributed by atoms with Crippen molar-refractivity contribution in [2.24, 2.45) is 10.8 Å². The standard InChI is InChI=1S/C9H17N5S/c1-4-11-9(13-10)14(3)5-8-7(2)12-6-15-8/h6H,4-5,10H2,1-3H3,(H,11,13). The van der Waals surface area contributed by atoms with Crippen molar-refractivity contribution in [3.05, 3.63) is 16.1 Å². The highest BCUT2D eigenvalue weighted by Crippen LogP contribution is 2.13. The van der Waals surface area contributed by atoms with Gasteiger partial charge >= 0.3 is 0 Å². The monoisotopic (exact) mass is 227 g/mol. The molecule has 0 unspecified atom stereocenters. The molecular formula is C9H17N5S. The van der Waals surface area contributed by atoms with E-state index in [1.165, 1.54) is 4.88 Å². The fourth-order valence-corrected chi connectivity index (χ4v) is 2.02. The van der Waals surface area contributed by atoms with Gasteiger partial charge in [-0.3, -0.25) is 10.4 Å². The minimum atomic E-state index is 0.699. The molecule has 0 aliphatic rings. The van der Waals surface area contributed by atoms with Crippen molar-refractivity contribution in [3.8, 4) is 0 Å². The highest BCUT2D eigenvalue weighted by Gasteiger charge is 2.08. The maximum Gasteiger partial charge on any atom is 0.208 e. The van der Waals surface area contributed by atoms with Crippen molar-refractivity contribution in [2.75, 3.05) is 13.6 Å². The number of nitrogens with two attached hydrogens (primary N) is 1. The number of aliphatic imine (C=N–C) groups is 1. The summed E-state index contributed by atoms with van der Waals surface area (Å²) in [6.45, 7) is 5.47. The number of thiazole rings is 1. The molecule has 0 radical (unpaired) electrons. The first-order chi connectivity index (χ1) is 7.19. The number of hydrazine groups is 1. The zero-order chi connectivity index (χ0) is 11.3. The zero-order valence-electron chi connectivity index (χ0n) is 9.32. The van der Waals surface area contributed by atoms with Gasteiger partial charge in [0.15, 0.2) is 0 Å². The van der Waals surface area contributed by atoms with Gasteiger partial charge in [0.1, 0.15) is 0 Å². The van der Waals surface area contributed by atoms with Crippen molar-refractivity contribution in [3.63, 3.8) is 0 Å². The van der Waals surface area contributed by atoms with E-state index >= 15 is 0 Å². The van der Waals surface area contributed by atoms with Gasteiger partial charge in [-0.2, -0.15) is 0 Å². The van der Waals surface area contributed by atoms with Crippen LogP contribution in [-0.2, 0) is 6.54 Å². The van der Waals surface area contributed by atoms with Crippen LogP contribution in [0, 0.1) is 6.92 Å². The van der Waals surface area contributed by atoms with E-state index in [9.17, 15) is 0 Å². The third-order valence-corrected chi connectivity index (χ3v) is 2.94. The quantitative estimate of drug-likeness (QED) is 0.346. The van der Waals surface area contributed by atoms with Gasteiger partial charge in [0.2, 0.25) is 5.96 Å². The molecule has 0 aliphatic carbocycles. The van der Waals surface area contributed by atoms with E-state index in [-0.39, 0.29) is 0 Å². The summed E-state index contributed by atoms with van der Waals surface area (Å²) in [5.41, 5.74) is 5.52. The van der Waals surface area contributed by atoms with Crippen LogP contribution in [0.15, 0.2) is 10.5 Å². The van der Waals surface area contributed by atoms with E-state index in [1.54, 1.807) is 11.3 Å². The Morgan fingerprint density at radius 3 is 2.93 bits per heavy atom. The van der Waals surface area contributed by atoms with Crippen molar-refractivity contribution in [1.82, 2.24) is 15.3 Å². The van der Waals surface area contributed by atoms with Crippen LogP contribution in [0.5, 0.6) is 0 Å². The second kappa shape index (κ2) is 5.67. The van der Waals surface area contributed by atoms with E-state index in [0.717, 1.165) is 12.2 Å². The van der Waals surface area contributed by atoms with Crippen molar-refractivity contribution < 1.29 is 0 Å².